The fourth-order valence-corrected chi connectivity index (χ4v) is 2.00. The van der Waals surface area contributed by atoms with Crippen molar-refractivity contribution >= 4 is 17.3 Å². The van der Waals surface area contributed by atoms with E-state index < -0.39 is 0 Å². The number of anilines is 2. The van der Waals surface area contributed by atoms with Crippen LogP contribution in [0.4, 0.5) is 11.4 Å². The highest BCUT2D eigenvalue weighted by molar-refractivity contribution is 5.91. The van der Waals surface area contributed by atoms with Gasteiger partial charge >= 0.3 is 5.97 Å². The minimum absolute atomic E-state index is 0.244. The van der Waals surface area contributed by atoms with Crippen LogP contribution in [-0.4, -0.2) is 32.3 Å². The van der Waals surface area contributed by atoms with Gasteiger partial charge in [-0.15, -0.1) is 0 Å². The first kappa shape index (κ1) is 12.7. The van der Waals surface area contributed by atoms with E-state index in [1.807, 2.05) is 0 Å². The van der Waals surface area contributed by atoms with Gasteiger partial charge in [-0.1, -0.05) is 0 Å². The Kier molecular flexibility index (Phi) is 4.04. The van der Waals surface area contributed by atoms with Crippen molar-refractivity contribution < 1.29 is 14.3 Å². The number of hydrogen-bond acceptors (Lipinski definition) is 5. The number of carbonyl (C=O) groups is 1. The summed E-state index contributed by atoms with van der Waals surface area (Å²) in [7, 11) is 1.36. The first-order chi connectivity index (χ1) is 8.70. The van der Waals surface area contributed by atoms with Crippen molar-refractivity contribution in [3.63, 3.8) is 0 Å². The lowest BCUT2D eigenvalue weighted by molar-refractivity contribution is 0.0601. The maximum absolute atomic E-state index is 11.5. The lowest BCUT2D eigenvalue weighted by Gasteiger charge is -2.25. The fraction of sp³-hybridized carbons (Fsp3) is 0.462. The van der Waals surface area contributed by atoms with Gasteiger partial charge in [-0.3, -0.25) is 0 Å². The number of hydrogen-bond donors (Lipinski definition) is 2. The molecule has 3 N–H and O–H groups in total. The van der Waals surface area contributed by atoms with Crippen LogP contribution in [0, 0.1) is 0 Å². The monoisotopic (exact) mass is 250 g/mol. The predicted molar refractivity (Wildman–Crippen MR) is 69.7 cm³/mol. The Morgan fingerprint density at radius 3 is 3.06 bits per heavy atom. The highest BCUT2D eigenvalue weighted by Crippen LogP contribution is 2.23. The van der Waals surface area contributed by atoms with Crippen molar-refractivity contribution in [2.75, 3.05) is 31.4 Å². The van der Waals surface area contributed by atoms with Gasteiger partial charge in [-0.25, -0.2) is 4.79 Å². The first-order valence-electron chi connectivity index (χ1n) is 6.03. The maximum Gasteiger partial charge on any atom is 0.337 e. The normalized spacial score (nSPS) is 19.3. The molecule has 0 spiro atoms. The van der Waals surface area contributed by atoms with E-state index in [2.05, 4.69) is 10.1 Å². The highest BCUT2D eigenvalue weighted by atomic mass is 16.5. The average Bonchev–Trinajstić information content (AvgIpc) is 2.41. The minimum Gasteiger partial charge on any atom is -0.465 e. The van der Waals surface area contributed by atoms with Gasteiger partial charge in [-0.05, 0) is 31.0 Å². The van der Waals surface area contributed by atoms with Crippen molar-refractivity contribution in [3.05, 3.63) is 23.8 Å². The molecule has 1 aliphatic rings. The molecule has 5 nitrogen and oxygen atoms in total. The van der Waals surface area contributed by atoms with Crippen LogP contribution in [0.2, 0.25) is 0 Å². The molecule has 1 fully saturated rings. The first-order valence-corrected chi connectivity index (χ1v) is 6.03. The number of ether oxygens (including phenoxy) is 2. The Morgan fingerprint density at radius 2 is 2.39 bits per heavy atom. The number of esters is 1. The Morgan fingerprint density at radius 1 is 1.56 bits per heavy atom. The van der Waals surface area contributed by atoms with E-state index in [-0.39, 0.29) is 12.0 Å². The summed E-state index contributed by atoms with van der Waals surface area (Å²) in [4.78, 5) is 11.5. The van der Waals surface area contributed by atoms with Gasteiger partial charge in [0.25, 0.3) is 0 Å². The van der Waals surface area contributed by atoms with Crippen molar-refractivity contribution in [2.24, 2.45) is 0 Å². The van der Waals surface area contributed by atoms with E-state index in [9.17, 15) is 4.79 Å². The van der Waals surface area contributed by atoms with Crippen LogP contribution in [0.25, 0.3) is 0 Å². The molecule has 18 heavy (non-hydrogen) atoms. The third-order valence-corrected chi connectivity index (χ3v) is 2.99. The van der Waals surface area contributed by atoms with E-state index in [0.717, 1.165) is 25.1 Å². The molecular weight excluding hydrogens is 232 g/mol. The number of nitrogen functional groups attached to an aromatic ring is 1. The molecule has 0 bridgehead atoms. The number of benzene rings is 1. The predicted octanol–water partition coefficient (Wildman–Crippen LogP) is 1.65. The van der Waals surface area contributed by atoms with Crippen LogP contribution < -0.4 is 11.1 Å². The van der Waals surface area contributed by atoms with E-state index in [1.165, 1.54) is 7.11 Å². The van der Waals surface area contributed by atoms with Crippen LogP contribution in [-0.2, 0) is 9.47 Å². The number of nitrogens with two attached hydrogens (primary N) is 1. The number of nitrogens with one attached hydrogen (secondary N) is 1. The zero-order valence-corrected chi connectivity index (χ0v) is 10.4. The lowest BCUT2D eigenvalue weighted by Crippen LogP contribution is -2.30. The molecule has 1 heterocycles. The summed E-state index contributed by atoms with van der Waals surface area (Å²) in [5.74, 6) is -0.363. The number of rotatable bonds is 3. The second kappa shape index (κ2) is 5.73. The summed E-state index contributed by atoms with van der Waals surface area (Å²) in [6, 6.07) is 5.33. The Hall–Kier alpha value is -1.75. The standard InChI is InChI=1S/C13H18N2O3/c1-17-13(16)9-4-5-11(14)12(7-9)15-10-3-2-6-18-8-10/h4-5,7,10,15H,2-3,6,8,14H2,1H3/t10-/m0/s1. The zero-order valence-electron chi connectivity index (χ0n) is 10.4. The molecule has 1 aromatic carbocycles. The van der Waals surface area contributed by atoms with Gasteiger partial charge < -0.3 is 20.5 Å². The van der Waals surface area contributed by atoms with Gasteiger partial charge in [-0.2, -0.15) is 0 Å². The van der Waals surface area contributed by atoms with Crippen molar-refractivity contribution in [1.29, 1.82) is 0 Å². The second-order valence-corrected chi connectivity index (χ2v) is 4.35. The van der Waals surface area contributed by atoms with Crippen molar-refractivity contribution in [2.45, 2.75) is 18.9 Å². The zero-order chi connectivity index (χ0) is 13.0. The van der Waals surface area contributed by atoms with Crippen LogP contribution in [0.5, 0.6) is 0 Å². The topological polar surface area (TPSA) is 73.6 Å². The van der Waals surface area contributed by atoms with E-state index in [4.69, 9.17) is 10.5 Å². The van der Waals surface area contributed by atoms with Crippen molar-refractivity contribution in [3.8, 4) is 0 Å². The van der Waals surface area contributed by atoms with Crippen LogP contribution in [0.15, 0.2) is 18.2 Å². The Labute approximate surface area is 106 Å². The fourth-order valence-electron chi connectivity index (χ4n) is 2.00. The highest BCUT2D eigenvalue weighted by Gasteiger charge is 2.15. The molecule has 0 unspecified atom stereocenters. The minimum atomic E-state index is -0.363. The SMILES string of the molecule is COC(=O)c1ccc(N)c(N[C@H]2CCCOC2)c1. The summed E-state index contributed by atoms with van der Waals surface area (Å²) in [6.07, 6.45) is 2.08. The quantitative estimate of drug-likeness (QED) is 0.630. The summed E-state index contributed by atoms with van der Waals surface area (Å²) in [5.41, 5.74) is 7.76. The number of methoxy groups -OCH3 is 1. The third kappa shape index (κ3) is 2.92. The largest absolute Gasteiger partial charge is 0.465 e. The van der Waals surface area contributed by atoms with Crippen LogP contribution >= 0.6 is 0 Å². The smallest absolute Gasteiger partial charge is 0.337 e. The summed E-state index contributed by atoms with van der Waals surface area (Å²) in [6.45, 7) is 1.48. The van der Waals surface area contributed by atoms with Crippen LogP contribution in [0.1, 0.15) is 23.2 Å². The average molecular weight is 250 g/mol. The Bertz CT molecular complexity index is 428. The maximum atomic E-state index is 11.5. The van der Waals surface area contributed by atoms with Crippen molar-refractivity contribution in [1.82, 2.24) is 0 Å². The molecule has 1 aromatic rings. The summed E-state index contributed by atoms with van der Waals surface area (Å²) >= 11 is 0. The molecule has 1 atom stereocenters. The lowest BCUT2D eigenvalue weighted by atomic mass is 10.1. The molecule has 5 heteroatoms. The van der Waals surface area contributed by atoms with Gasteiger partial charge in [0.15, 0.2) is 0 Å². The molecule has 98 valence electrons. The van der Waals surface area contributed by atoms with Crippen LogP contribution in [0.3, 0.4) is 0 Å². The van der Waals surface area contributed by atoms with E-state index >= 15 is 0 Å². The van der Waals surface area contributed by atoms with Gasteiger partial charge in [0.1, 0.15) is 0 Å². The molecular formula is C13H18N2O3. The van der Waals surface area contributed by atoms with Gasteiger partial charge in [0, 0.05) is 12.6 Å². The summed E-state index contributed by atoms with van der Waals surface area (Å²) in [5, 5.41) is 3.31. The Balaban J connectivity index is 2.12. The number of carbonyl (C=O) groups excluding carboxylic acids is 1. The molecule has 1 aliphatic heterocycles. The molecule has 0 saturated carbocycles. The second-order valence-electron chi connectivity index (χ2n) is 4.35. The molecule has 0 radical (unpaired) electrons. The molecule has 2 rings (SSSR count). The van der Waals surface area contributed by atoms with Gasteiger partial charge in [0.2, 0.25) is 0 Å². The van der Waals surface area contributed by atoms with Gasteiger partial charge in [0.05, 0.1) is 30.7 Å². The molecule has 0 aliphatic carbocycles. The summed E-state index contributed by atoms with van der Waals surface area (Å²) < 4.78 is 10.1. The molecule has 0 amide bonds. The molecule has 0 aromatic heterocycles. The molecule has 1 saturated heterocycles. The van der Waals surface area contributed by atoms with E-state index in [0.29, 0.717) is 17.9 Å². The third-order valence-electron chi connectivity index (χ3n) is 2.99. The van der Waals surface area contributed by atoms with E-state index in [1.54, 1.807) is 18.2 Å².